The summed E-state index contributed by atoms with van der Waals surface area (Å²) in [6.45, 7) is 7.46. The number of aromatic nitrogens is 3. The molecule has 10 nitrogen and oxygen atoms in total. The van der Waals surface area contributed by atoms with Gasteiger partial charge in [-0.25, -0.2) is 19.2 Å². The molecule has 0 spiro atoms. The van der Waals surface area contributed by atoms with Crippen molar-refractivity contribution in [2.24, 2.45) is 0 Å². The van der Waals surface area contributed by atoms with E-state index in [-0.39, 0.29) is 23.4 Å². The van der Waals surface area contributed by atoms with Gasteiger partial charge < -0.3 is 25.7 Å². The Morgan fingerprint density at radius 3 is 2.58 bits per heavy atom. The van der Waals surface area contributed by atoms with E-state index in [4.69, 9.17) is 10.1 Å². The van der Waals surface area contributed by atoms with E-state index in [1.165, 1.54) is 24.4 Å². The summed E-state index contributed by atoms with van der Waals surface area (Å²) in [6, 6.07) is 4.08. The largest absolute Gasteiger partial charge is 0.444 e. The van der Waals surface area contributed by atoms with Gasteiger partial charge in [-0.1, -0.05) is 0 Å². The summed E-state index contributed by atoms with van der Waals surface area (Å²) >= 11 is 0. The van der Waals surface area contributed by atoms with Crippen LogP contribution in [0.1, 0.15) is 75.0 Å². The Bertz CT molecular complexity index is 1370. The molecule has 5 N–H and O–H groups in total. The zero-order chi connectivity index (χ0) is 27.7. The molecule has 1 saturated carbocycles. The lowest BCUT2D eigenvalue weighted by atomic mass is 9.80. The summed E-state index contributed by atoms with van der Waals surface area (Å²) in [5.74, 6) is -0.715. The highest BCUT2D eigenvalue weighted by Crippen LogP contribution is 2.29. The number of alkyl carbamates (subject to hydrolysis) is 1. The Morgan fingerprint density at radius 2 is 1.92 bits per heavy atom. The Labute approximate surface area is 220 Å². The molecule has 0 aliphatic heterocycles. The van der Waals surface area contributed by atoms with Crippen molar-refractivity contribution in [1.82, 2.24) is 25.6 Å². The number of nitrogens with zero attached hydrogens (tertiary/aromatic N) is 2. The highest BCUT2D eigenvalue weighted by Gasteiger charge is 2.34. The van der Waals surface area contributed by atoms with Crippen LogP contribution in [-0.4, -0.2) is 56.9 Å². The molecular formula is C27H34FN7O3. The van der Waals surface area contributed by atoms with Crippen molar-refractivity contribution >= 4 is 34.6 Å². The second-order valence-electron chi connectivity index (χ2n) is 10.9. The second kappa shape index (κ2) is 10.4. The minimum absolute atomic E-state index is 0.0173. The number of aromatic amines is 1. The molecule has 4 rings (SSSR count). The molecule has 2 heterocycles. The van der Waals surface area contributed by atoms with Crippen LogP contribution >= 0.6 is 0 Å². The molecule has 1 fully saturated rings. The number of nitrogens with one attached hydrogen (secondary N) is 5. The van der Waals surface area contributed by atoms with Gasteiger partial charge in [-0.2, -0.15) is 0 Å². The fourth-order valence-electron chi connectivity index (χ4n) is 4.60. The maximum absolute atomic E-state index is 13.7. The molecule has 3 aromatic rings. The van der Waals surface area contributed by atoms with Gasteiger partial charge in [-0.15, -0.1) is 0 Å². The van der Waals surface area contributed by atoms with Gasteiger partial charge in [0.05, 0.1) is 17.5 Å². The van der Waals surface area contributed by atoms with Gasteiger partial charge in [-0.05, 0) is 71.6 Å². The predicted octanol–water partition coefficient (Wildman–Crippen LogP) is 4.51. The van der Waals surface area contributed by atoms with E-state index < -0.39 is 23.1 Å². The Balaban J connectivity index is 1.46. The normalized spacial score (nSPS) is 19.6. The Hall–Kier alpha value is -4.02. The number of hydrogen-bond acceptors (Lipinski definition) is 7. The zero-order valence-corrected chi connectivity index (χ0v) is 22.3. The summed E-state index contributed by atoms with van der Waals surface area (Å²) in [5, 5.41) is 17.6. The van der Waals surface area contributed by atoms with E-state index >= 15 is 0 Å². The van der Waals surface area contributed by atoms with E-state index in [0.29, 0.717) is 53.7 Å². The summed E-state index contributed by atoms with van der Waals surface area (Å²) < 4.78 is 19.0. The van der Waals surface area contributed by atoms with Crippen LogP contribution in [0.2, 0.25) is 0 Å². The van der Waals surface area contributed by atoms with Crippen molar-refractivity contribution in [3.8, 4) is 0 Å². The molecule has 202 valence electrons. The topological polar surface area (TPSA) is 145 Å². The Kier molecular flexibility index (Phi) is 7.39. The lowest BCUT2D eigenvalue weighted by Crippen LogP contribution is -2.51. The summed E-state index contributed by atoms with van der Waals surface area (Å²) in [5.41, 5.74) is 1.31. The lowest BCUT2D eigenvalue weighted by molar-refractivity contribution is 0.0477. The third-order valence-corrected chi connectivity index (χ3v) is 6.63. The molecule has 0 unspecified atom stereocenters. The van der Waals surface area contributed by atoms with Crippen LogP contribution in [0, 0.1) is 11.2 Å². The highest BCUT2D eigenvalue weighted by molar-refractivity contribution is 6.14. The van der Waals surface area contributed by atoms with Crippen molar-refractivity contribution in [2.75, 3.05) is 12.4 Å². The molecule has 38 heavy (non-hydrogen) atoms. The molecule has 0 bridgehead atoms. The third kappa shape index (κ3) is 6.09. The number of ether oxygens (including phenoxy) is 1. The molecule has 11 heteroatoms. The third-order valence-electron chi connectivity index (χ3n) is 6.63. The SMILES string of the molecule is CNc1cc(F)ccc1C(=N)c1cnc2[nH]cc(C(=O)NC3(C)CCC(NC(=O)OC(C)(C)C)CC3)c2n1. The number of hydrogen-bond donors (Lipinski definition) is 5. The zero-order valence-electron chi connectivity index (χ0n) is 22.3. The van der Waals surface area contributed by atoms with Crippen LogP contribution in [0.25, 0.3) is 11.2 Å². The molecule has 0 atom stereocenters. The predicted molar refractivity (Wildman–Crippen MR) is 143 cm³/mol. The number of halogens is 1. The monoisotopic (exact) mass is 523 g/mol. The van der Waals surface area contributed by atoms with Crippen LogP contribution in [0.4, 0.5) is 14.9 Å². The fraction of sp³-hybridized carbons (Fsp3) is 0.444. The first-order valence-electron chi connectivity index (χ1n) is 12.6. The van der Waals surface area contributed by atoms with E-state index in [1.54, 1.807) is 13.2 Å². The lowest BCUT2D eigenvalue weighted by Gasteiger charge is -2.38. The molecule has 2 aromatic heterocycles. The molecule has 1 aromatic carbocycles. The van der Waals surface area contributed by atoms with Gasteiger partial charge in [0.1, 0.15) is 22.6 Å². The second-order valence-corrected chi connectivity index (χ2v) is 10.9. The van der Waals surface area contributed by atoms with Crippen LogP contribution in [0.3, 0.4) is 0 Å². The van der Waals surface area contributed by atoms with E-state index in [9.17, 15) is 14.0 Å². The first-order valence-corrected chi connectivity index (χ1v) is 12.6. The van der Waals surface area contributed by atoms with Crippen LogP contribution in [0.15, 0.2) is 30.6 Å². The Morgan fingerprint density at radius 1 is 1.21 bits per heavy atom. The maximum Gasteiger partial charge on any atom is 0.407 e. The number of fused-ring (bicyclic) bond motifs is 1. The van der Waals surface area contributed by atoms with Crippen molar-refractivity contribution in [3.63, 3.8) is 0 Å². The summed E-state index contributed by atoms with van der Waals surface area (Å²) in [6.07, 6.45) is 5.35. The highest BCUT2D eigenvalue weighted by atomic mass is 19.1. The summed E-state index contributed by atoms with van der Waals surface area (Å²) in [7, 11) is 1.65. The fourth-order valence-corrected chi connectivity index (χ4v) is 4.60. The minimum Gasteiger partial charge on any atom is -0.444 e. The van der Waals surface area contributed by atoms with Crippen molar-refractivity contribution in [3.05, 3.63) is 53.2 Å². The number of anilines is 1. The van der Waals surface area contributed by atoms with Crippen molar-refractivity contribution in [2.45, 2.75) is 70.6 Å². The number of H-pyrrole nitrogens is 1. The first-order chi connectivity index (χ1) is 17.9. The standard InChI is InChI=1S/C27H34FN7O3/c1-26(2,3)38-25(37)33-16-8-10-27(4,11-9-16)35-24(36)18-13-31-23-22(18)34-20(14-32-23)21(29)17-7-6-15(28)12-19(17)30-5/h6-7,12-14,16,29-30H,8-11H2,1-5H3,(H,31,32)(H,33,37)(H,35,36). The van der Waals surface area contributed by atoms with E-state index in [1.807, 2.05) is 27.7 Å². The molecule has 2 amide bonds. The van der Waals surface area contributed by atoms with Crippen LogP contribution in [-0.2, 0) is 4.74 Å². The van der Waals surface area contributed by atoms with Gasteiger partial charge in [0.2, 0.25) is 0 Å². The van der Waals surface area contributed by atoms with Crippen LogP contribution < -0.4 is 16.0 Å². The van der Waals surface area contributed by atoms with Gasteiger partial charge in [0, 0.05) is 36.1 Å². The smallest absolute Gasteiger partial charge is 0.407 e. The number of carbonyl (C=O) groups is 2. The molecule has 0 radical (unpaired) electrons. The van der Waals surface area contributed by atoms with E-state index in [0.717, 1.165) is 0 Å². The number of amides is 2. The average Bonchev–Trinajstić information content (AvgIpc) is 3.27. The van der Waals surface area contributed by atoms with Gasteiger partial charge in [0.25, 0.3) is 5.91 Å². The van der Waals surface area contributed by atoms with Crippen molar-refractivity contribution in [1.29, 1.82) is 5.41 Å². The molecule has 1 aliphatic carbocycles. The minimum atomic E-state index is -0.560. The van der Waals surface area contributed by atoms with Crippen molar-refractivity contribution < 1.29 is 18.7 Å². The van der Waals surface area contributed by atoms with Gasteiger partial charge in [0.15, 0.2) is 5.65 Å². The van der Waals surface area contributed by atoms with Gasteiger partial charge in [-0.3, -0.25) is 10.2 Å². The summed E-state index contributed by atoms with van der Waals surface area (Å²) in [4.78, 5) is 37.3. The molecular weight excluding hydrogens is 489 g/mol. The quantitative estimate of drug-likeness (QED) is 0.301. The molecule has 1 aliphatic rings. The molecule has 0 saturated heterocycles. The average molecular weight is 524 g/mol. The van der Waals surface area contributed by atoms with Crippen LogP contribution in [0.5, 0.6) is 0 Å². The maximum atomic E-state index is 13.7. The number of carbonyl (C=O) groups excluding carboxylic acids is 2. The number of benzene rings is 1. The first kappa shape index (κ1) is 27.0. The van der Waals surface area contributed by atoms with E-state index in [2.05, 4.69) is 30.9 Å². The van der Waals surface area contributed by atoms with Gasteiger partial charge >= 0.3 is 6.09 Å². The number of rotatable bonds is 6.